The van der Waals surface area contributed by atoms with Gasteiger partial charge in [-0.2, -0.15) is 0 Å². The molecule has 0 saturated heterocycles. The Morgan fingerprint density at radius 3 is 2.29 bits per heavy atom. The number of sulfonamides is 1. The van der Waals surface area contributed by atoms with Crippen LogP contribution in [0.4, 0.5) is 5.69 Å². The van der Waals surface area contributed by atoms with Gasteiger partial charge in [0, 0.05) is 0 Å². The average Bonchev–Trinajstić information content (AvgIpc) is 2.24. The molecule has 0 aliphatic carbocycles. The number of nitrogens with one attached hydrogen (secondary N) is 1. The van der Waals surface area contributed by atoms with Crippen molar-refractivity contribution in [3.8, 4) is 5.75 Å². The Labute approximate surface area is 101 Å². The lowest BCUT2D eigenvalue weighted by Crippen LogP contribution is -2.37. The van der Waals surface area contributed by atoms with Gasteiger partial charge in [-0.15, -0.1) is 0 Å². The van der Waals surface area contributed by atoms with Crippen LogP contribution in [0.1, 0.15) is 0 Å². The number of nitrogens with two attached hydrogens (primary N) is 1. The van der Waals surface area contributed by atoms with Crippen LogP contribution in [0.5, 0.6) is 5.75 Å². The number of amidine groups is 1. The first-order valence-electron chi connectivity index (χ1n) is 4.79. The monoisotopic (exact) mass is 257 g/mol. The summed E-state index contributed by atoms with van der Waals surface area (Å²) >= 11 is 0. The molecule has 0 radical (unpaired) electrons. The van der Waals surface area contributed by atoms with Crippen molar-refractivity contribution in [2.24, 2.45) is 5.73 Å². The number of hydrogen-bond donors (Lipinski definition) is 2. The average molecular weight is 257 g/mol. The molecular formula is C10H15N3O3S. The van der Waals surface area contributed by atoms with Crippen LogP contribution in [0.2, 0.25) is 0 Å². The van der Waals surface area contributed by atoms with E-state index in [1.165, 1.54) is 7.11 Å². The van der Waals surface area contributed by atoms with Gasteiger partial charge in [0.2, 0.25) is 10.0 Å². The zero-order valence-electron chi connectivity index (χ0n) is 9.67. The third-order valence-corrected chi connectivity index (χ3v) is 3.22. The maximum Gasteiger partial charge on any atom is 0.232 e. The maximum atomic E-state index is 11.6. The minimum Gasteiger partial charge on any atom is -0.497 e. The second-order valence-electron chi connectivity index (χ2n) is 3.49. The molecular weight excluding hydrogens is 242 g/mol. The largest absolute Gasteiger partial charge is 0.497 e. The molecule has 0 amide bonds. The molecule has 0 unspecified atom stereocenters. The lowest BCUT2D eigenvalue weighted by Gasteiger charge is -2.21. The van der Waals surface area contributed by atoms with Crippen molar-refractivity contribution in [1.82, 2.24) is 0 Å². The van der Waals surface area contributed by atoms with E-state index in [0.29, 0.717) is 11.4 Å². The van der Waals surface area contributed by atoms with Crippen LogP contribution < -0.4 is 14.8 Å². The number of benzene rings is 1. The highest BCUT2D eigenvalue weighted by Crippen LogP contribution is 2.20. The van der Waals surface area contributed by atoms with Gasteiger partial charge >= 0.3 is 0 Å². The molecule has 0 fully saturated rings. The molecule has 0 heterocycles. The van der Waals surface area contributed by atoms with E-state index in [1.54, 1.807) is 24.3 Å². The number of nitrogens with zero attached hydrogens (tertiary/aromatic N) is 1. The smallest absolute Gasteiger partial charge is 0.232 e. The van der Waals surface area contributed by atoms with Gasteiger partial charge in [-0.3, -0.25) is 9.71 Å². The van der Waals surface area contributed by atoms with Crippen molar-refractivity contribution in [2.45, 2.75) is 0 Å². The van der Waals surface area contributed by atoms with Crippen LogP contribution in [-0.4, -0.2) is 34.2 Å². The van der Waals surface area contributed by atoms with E-state index in [9.17, 15) is 8.42 Å². The van der Waals surface area contributed by atoms with Gasteiger partial charge in [-0.1, -0.05) is 0 Å². The van der Waals surface area contributed by atoms with Crippen LogP contribution >= 0.6 is 0 Å². The minimum atomic E-state index is -3.46. The van der Waals surface area contributed by atoms with Gasteiger partial charge in [0.1, 0.15) is 11.6 Å². The lowest BCUT2D eigenvalue weighted by atomic mass is 10.3. The summed E-state index contributed by atoms with van der Waals surface area (Å²) in [4.78, 5) is 0. The Kier molecular flexibility index (Phi) is 3.95. The quantitative estimate of drug-likeness (QED) is 0.589. The second kappa shape index (κ2) is 5.05. The molecule has 0 aliphatic rings. The first-order valence-corrected chi connectivity index (χ1v) is 6.64. The van der Waals surface area contributed by atoms with Crippen LogP contribution in [0.25, 0.3) is 0 Å². The van der Waals surface area contributed by atoms with E-state index >= 15 is 0 Å². The highest BCUT2D eigenvalue weighted by molar-refractivity contribution is 7.92. The minimum absolute atomic E-state index is 0.162. The van der Waals surface area contributed by atoms with Crippen LogP contribution in [-0.2, 0) is 10.0 Å². The van der Waals surface area contributed by atoms with E-state index in [2.05, 4.69) is 0 Å². The molecule has 94 valence electrons. The van der Waals surface area contributed by atoms with E-state index < -0.39 is 10.0 Å². The molecule has 0 saturated carbocycles. The number of methoxy groups -OCH3 is 1. The van der Waals surface area contributed by atoms with Crippen molar-refractivity contribution in [1.29, 1.82) is 5.41 Å². The van der Waals surface area contributed by atoms with Crippen molar-refractivity contribution in [2.75, 3.05) is 24.2 Å². The normalized spacial score (nSPS) is 10.9. The van der Waals surface area contributed by atoms with E-state index in [4.69, 9.17) is 15.9 Å². The third kappa shape index (κ3) is 3.63. The van der Waals surface area contributed by atoms with E-state index in [-0.39, 0.29) is 12.4 Å². The highest BCUT2D eigenvalue weighted by atomic mass is 32.2. The van der Waals surface area contributed by atoms with Gasteiger partial charge in [0.05, 0.1) is 25.6 Å². The molecule has 0 aliphatic heterocycles. The molecule has 1 aromatic rings. The summed E-state index contributed by atoms with van der Waals surface area (Å²) < 4.78 is 29.2. The van der Waals surface area contributed by atoms with E-state index in [1.807, 2.05) is 0 Å². The molecule has 0 spiro atoms. The fourth-order valence-electron chi connectivity index (χ4n) is 1.30. The number of ether oxygens (including phenoxy) is 1. The number of anilines is 1. The predicted molar refractivity (Wildman–Crippen MR) is 67.1 cm³/mol. The molecule has 7 heteroatoms. The third-order valence-electron chi connectivity index (χ3n) is 2.07. The zero-order chi connectivity index (χ0) is 13.1. The van der Waals surface area contributed by atoms with Gasteiger partial charge in [-0.25, -0.2) is 8.42 Å². The van der Waals surface area contributed by atoms with Crippen LogP contribution in [0.15, 0.2) is 24.3 Å². The first-order chi connectivity index (χ1) is 7.84. The molecule has 0 bridgehead atoms. The Morgan fingerprint density at radius 2 is 1.94 bits per heavy atom. The molecule has 3 N–H and O–H groups in total. The summed E-state index contributed by atoms with van der Waals surface area (Å²) in [7, 11) is -1.93. The molecule has 1 aromatic carbocycles. The molecule has 0 aromatic heterocycles. The Balaban J connectivity index is 3.09. The molecule has 17 heavy (non-hydrogen) atoms. The number of rotatable bonds is 5. The molecule has 1 rings (SSSR count). The van der Waals surface area contributed by atoms with Gasteiger partial charge in [0.15, 0.2) is 0 Å². The topological polar surface area (TPSA) is 96.5 Å². The van der Waals surface area contributed by atoms with Gasteiger partial charge in [0.25, 0.3) is 0 Å². The van der Waals surface area contributed by atoms with Crippen molar-refractivity contribution in [3.05, 3.63) is 24.3 Å². The first kappa shape index (κ1) is 13.3. The lowest BCUT2D eigenvalue weighted by molar-refractivity contribution is 0.415. The zero-order valence-corrected chi connectivity index (χ0v) is 10.5. The van der Waals surface area contributed by atoms with Crippen molar-refractivity contribution in [3.63, 3.8) is 0 Å². The summed E-state index contributed by atoms with van der Waals surface area (Å²) in [5, 5.41) is 7.18. The summed E-state index contributed by atoms with van der Waals surface area (Å²) in [6, 6.07) is 6.49. The maximum absolute atomic E-state index is 11.6. The van der Waals surface area contributed by atoms with Crippen molar-refractivity contribution < 1.29 is 13.2 Å². The summed E-state index contributed by atoms with van der Waals surface area (Å²) in [6.07, 6.45) is 1.07. The van der Waals surface area contributed by atoms with Crippen molar-refractivity contribution >= 4 is 21.5 Å². The Morgan fingerprint density at radius 1 is 1.41 bits per heavy atom. The Hall–Kier alpha value is -1.76. The fourth-order valence-corrected chi connectivity index (χ4v) is 2.18. The fraction of sp³-hybridized carbons (Fsp3) is 0.300. The Bertz CT molecular complexity index is 496. The SMILES string of the molecule is COc1ccc(N(CC(=N)N)S(C)(=O)=O)cc1. The van der Waals surface area contributed by atoms with Crippen LogP contribution in [0, 0.1) is 5.41 Å². The van der Waals surface area contributed by atoms with Gasteiger partial charge < -0.3 is 10.5 Å². The second-order valence-corrected chi connectivity index (χ2v) is 5.40. The molecule has 6 nitrogen and oxygen atoms in total. The standard InChI is InChI=1S/C10H15N3O3S/c1-16-9-5-3-8(4-6-9)13(7-10(11)12)17(2,14)15/h3-6H,7H2,1-2H3,(H3,11,12). The van der Waals surface area contributed by atoms with Gasteiger partial charge in [-0.05, 0) is 24.3 Å². The van der Waals surface area contributed by atoms with Crippen LogP contribution in [0.3, 0.4) is 0 Å². The summed E-state index contributed by atoms with van der Waals surface area (Å²) in [5.74, 6) is 0.413. The molecule has 0 atom stereocenters. The van der Waals surface area contributed by atoms with E-state index in [0.717, 1.165) is 10.6 Å². The number of hydrogen-bond acceptors (Lipinski definition) is 4. The summed E-state index contributed by atoms with van der Waals surface area (Å²) in [6.45, 7) is -0.162. The highest BCUT2D eigenvalue weighted by Gasteiger charge is 2.18. The predicted octanol–water partition coefficient (Wildman–Crippen LogP) is 0.397. The summed E-state index contributed by atoms with van der Waals surface area (Å²) in [5.41, 5.74) is 5.68.